The molecule has 0 fully saturated rings. The van der Waals surface area contributed by atoms with Gasteiger partial charge in [-0.3, -0.25) is 0 Å². The Balaban J connectivity index is 0.994. The minimum atomic E-state index is -0.134. The predicted octanol–water partition coefficient (Wildman–Crippen LogP) is 18.6. The molecule has 0 saturated carbocycles. The molecule has 0 atom stereocenters. The Hall–Kier alpha value is -8.46. The number of hydrogen-bond acceptors (Lipinski definition) is 1. The van der Waals surface area contributed by atoms with E-state index in [9.17, 15) is 0 Å². The van der Waals surface area contributed by atoms with Crippen LogP contribution in [0.25, 0.3) is 127 Å². The molecule has 2 nitrogen and oxygen atoms in total. The van der Waals surface area contributed by atoms with E-state index in [4.69, 9.17) is 4.42 Å². The van der Waals surface area contributed by atoms with Crippen LogP contribution in [0, 0.1) is 0 Å². The maximum Gasteiger partial charge on any atom is 0.143 e. The number of nitrogens with zero attached hydrogens (tertiary/aromatic N) is 1. The van der Waals surface area contributed by atoms with E-state index < -0.39 is 0 Å². The van der Waals surface area contributed by atoms with Gasteiger partial charge in [-0.1, -0.05) is 191 Å². The van der Waals surface area contributed by atoms with E-state index in [2.05, 4.69) is 239 Å². The summed E-state index contributed by atoms with van der Waals surface area (Å²) in [4.78, 5) is 0. The Morgan fingerprint density at radius 1 is 0.314 bits per heavy atom. The Morgan fingerprint density at radius 2 is 0.814 bits per heavy atom. The molecule has 13 aromatic rings. The first-order valence-electron chi connectivity index (χ1n) is 24.7. The molecule has 0 bridgehead atoms. The molecule has 0 unspecified atom stereocenters. The molecule has 15 rings (SSSR count). The maximum absolute atomic E-state index is 6.57. The summed E-state index contributed by atoms with van der Waals surface area (Å²) >= 11 is 0. The summed E-state index contributed by atoms with van der Waals surface area (Å²) in [5.74, 6) is 0. The number of furan rings is 1. The second kappa shape index (κ2) is 14.1. The van der Waals surface area contributed by atoms with Crippen molar-refractivity contribution < 1.29 is 4.42 Å². The fraction of sp³-hybridized carbons (Fsp3) is 0.0882. The van der Waals surface area contributed by atoms with Gasteiger partial charge in [0.25, 0.3) is 0 Å². The maximum atomic E-state index is 6.57. The number of aromatic nitrogens is 1. The number of benzene rings is 11. The van der Waals surface area contributed by atoms with Crippen LogP contribution in [0.4, 0.5) is 0 Å². The van der Waals surface area contributed by atoms with E-state index in [1.54, 1.807) is 0 Å². The van der Waals surface area contributed by atoms with Gasteiger partial charge in [0.1, 0.15) is 11.2 Å². The highest BCUT2D eigenvalue weighted by Gasteiger charge is 2.37. The summed E-state index contributed by atoms with van der Waals surface area (Å²) in [6, 6.07) is 79.5. The monoisotopic (exact) mass is 893 g/mol. The van der Waals surface area contributed by atoms with Crippen molar-refractivity contribution in [2.75, 3.05) is 0 Å². The van der Waals surface area contributed by atoms with Gasteiger partial charge in [0.05, 0.1) is 11.0 Å². The van der Waals surface area contributed by atoms with Gasteiger partial charge in [-0.05, 0) is 142 Å². The highest BCUT2D eigenvalue weighted by molar-refractivity contribution is 6.22. The van der Waals surface area contributed by atoms with Crippen molar-refractivity contribution in [3.05, 3.63) is 235 Å². The van der Waals surface area contributed by atoms with Crippen LogP contribution in [0.5, 0.6) is 0 Å². The smallest absolute Gasteiger partial charge is 0.143 e. The summed E-state index contributed by atoms with van der Waals surface area (Å²) < 4.78 is 9.04. The van der Waals surface area contributed by atoms with Crippen LogP contribution in [0.2, 0.25) is 0 Å². The third-order valence-electron chi connectivity index (χ3n) is 16.4. The summed E-state index contributed by atoms with van der Waals surface area (Å²) in [7, 11) is 0. The van der Waals surface area contributed by atoms with E-state index >= 15 is 0 Å². The third kappa shape index (κ3) is 5.28. The van der Waals surface area contributed by atoms with Crippen LogP contribution in [0.1, 0.15) is 49.9 Å². The van der Waals surface area contributed by atoms with Crippen LogP contribution < -0.4 is 0 Å². The van der Waals surface area contributed by atoms with Gasteiger partial charge in [-0.2, -0.15) is 0 Å². The van der Waals surface area contributed by atoms with E-state index in [0.717, 1.165) is 38.8 Å². The second-order valence-electron chi connectivity index (χ2n) is 20.8. The SMILES string of the molecule is CC1(C)c2ccccc2-c2ccc(-c3c4ccccc4c(-c4ccc5c(c4)C(C)(C)c4ccccc4-5)c4cc(-n5c6ccccc6c6cc(-c7cccc8c7oc7ccccc78)ccc65)ccc34)cc21. The summed E-state index contributed by atoms with van der Waals surface area (Å²) in [5.41, 5.74) is 23.2. The summed E-state index contributed by atoms with van der Waals surface area (Å²) in [5, 5.41) is 9.71. The molecule has 2 heteroatoms. The van der Waals surface area contributed by atoms with E-state index in [0.29, 0.717) is 0 Å². The van der Waals surface area contributed by atoms with Crippen LogP contribution in [-0.4, -0.2) is 4.57 Å². The van der Waals surface area contributed by atoms with Gasteiger partial charge >= 0.3 is 0 Å². The quantitative estimate of drug-likeness (QED) is 0.161. The minimum Gasteiger partial charge on any atom is -0.455 e. The molecule has 2 aromatic heterocycles. The lowest BCUT2D eigenvalue weighted by Crippen LogP contribution is -2.15. The first kappa shape index (κ1) is 39.5. The van der Waals surface area contributed by atoms with Crippen LogP contribution in [-0.2, 0) is 10.8 Å². The normalized spacial score (nSPS) is 14.2. The number of hydrogen-bond donors (Lipinski definition) is 0. The molecule has 0 saturated heterocycles. The van der Waals surface area contributed by atoms with Crippen LogP contribution >= 0.6 is 0 Å². The number of rotatable bonds is 4. The van der Waals surface area contributed by atoms with Crippen LogP contribution in [0.3, 0.4) is 0 Å². The van der Waals surface area contributed by atoms with Gasteiger partial charge in [0, 0.05) is 43.6 Å². The molecule has 70 heavy (non-hydrogen) atoms. The van der Waals surface area contributed by atoms with Crippen molar-refractivity contribution in [3.8, 4) is 61.3 Å². The largest absolute Gasteiger partial charge is 0.455 e. The first-order chi connectivity index (χ1) is 34.2. The highest BCUT2D eigenvalue weighted by atomic mass is 16.3. The number of para-hydroxylation sites is 3. The fourth-order valence-corrected chi connectivity index (χ4v) is 13.0. The first-order valence-corrected chi connectivity index (χ1v) is 24.7. The average molecular weight is 894 g/mol. The van der Waals surface area contributed by atoms with E-state index in [-0.39, 0.29) is 10.8 Å². The Kier molecular flexibility index (Phi) is 7.94. The zero-order chi connectivity index (χ0) is 46.6. The molecule has 0 N–H and O–H groups in total. The summed E-state index contributed by atoms with van der Waals surface area (Å²) in [6.07, 6.45) is 0. The van der Waals surface area contributed by atoms with E-state index in [1.165, 1.54) is 110 Å². The molecule has 330 valence electrons. The Bertz CT molecular complexity index is 4420. The van der Waals surface area contributed by atoms with Gasteiger partial charge in [-0.15, -0.1) is 0 Å². The van der Waals surface area contributed by atoms with Gasteiger partial charge in [0.2, 0.25) is 0 Å². The Labute approximate surface area is 406 Å². The van der Waals surface area contributed by atoms with Crippen LogP contribution in [0.15, 0.2) is 217 Å². The zero-order valence-corrected chi connectivity index (χ0v) is 39.6. The van der Waals surface area contributed by atoms with Crippen molar-refractivity contribution >= 4 is 65.3 Å². The second-order valence-corrected chi connectivity index (χ2v) is 20.8. The molecular formula is C68H47NO. The Morgan fingerprint density at radius 3 is 1.50 bits per heavy atom. The fourth-order valence-electron chi connectivity index (χ4n) is 13.0. The van der Waals surface area contributed by atoms with Crippen molar-refractivity contribution in [3.63, 3.8) is 0 Å². The van der Waals surface area contributed by atoms with E-state index in [1.807, 2.05) is 6.07 Å². The zero-order valence-electron chi connectivity index (χ0n) is 39.6. The molecule has 11 aromatic carbocycles. The molecule has 0 aliphatic heterocycles. The van der Waals surface area contributed by atoms with Crippen molar-refractivity contribution in [2.24, 2.45) is 0 Å². The van der Waals surface area contributed by atoms with Gasteiger partial charge in [-0.25, -0.2) is 0 Å². The lowest BCUT2D eigenvalue weighted by molar-refractivity contribution is 0.660. The standard InChI is InChI=1S/C68H47NO/c1-67(2)57-24-11-7-16-45(57)47-32-28-41(37-59(47)67)64-51-20-5-6-21-52(51)65(42-29-33-48-46-17-8-12-25-58(46)68(3,4)60(48)38-42)56-39-43(31-34-53(56)64)69-61-26-13-9-18-49(61)55-36-40(30-35-62(55)69)44-22-15-23-54-50-19-10-14-27-63(50)70-66(44)54/h5-39H,1-4H3. The molecule has 0 amide bonds. The molecular weight excluding hydrogens is 847 g/mol. The van der Waals surface area contributed by atoms with Crippen molar-refractivity contribution in [2.45, 2.75) is 38.5 Å². The summed E-state index contributed by atoms with van der Waals surface area (Å²) in [6.45, 7) is 9.54. The third-order valence-corrected chi connectivity index (χ3v) is 16.4. The topological polar surface area (TPSA) is 18.1 Å². The molecule has 2 heterocycles. The van der Waals surface area contributed by atoms with Gasteiger partial charge < -0.3 is 8.98 Å². The minimum absolute atomic E-state index is 0.121. The highest BCUT2D eigenvalue weighted by Crippen LogP contribution is 2.54. The molecule has 0 radical (unpaired) electrons. The molecule has 2 aliphatic carbocycles. The van der Waals surface area contributed by atoms with Crippen molar-refractivity contribution in [1.29, 1.82) is 0 Å². The van der Waals surface area contributed by atoms with Gasteiger partial charge in [0.15, 0.2) is 0 Å². The molecule has 2 aliphatic rings. The lowest BCUT2D eigenvalue weighted by atomic mass is 9.79. The van der Waals surface area contributed by atoms with Crippen molar-refractivity contribution in [1.82, 2.24) is 4.57 Å². The lowest BCUT2D eigenvalue weighted by Gasteiger charge is -2.24. The molecule has 0 spiro atoms. The average Bonchev–Trinajstić information content (AvgIpc) is 4.08. The number of fused-ring (bicyclic) bond motifs is 14. The predicted molar refractivity (Wildman–Crippen MR) is 295 cm³/mol.